The molecule has 16 heteroatoms. The number of nitrogens with one attached hydrogen (secondary N) is 3. The van der Waals surface area contributed by atoms with Gasteiger partial charge in [-0.2, -0.15) is 0 Å². The van der Waals surface area contributed by atoms with Crippen LogP contribution in [0.5, 0.6) is 0 Å². The molecule has 3 rings (SSSR count). The Bertz CT molecular complexity index is 1770. The van der Waals surface area contributed by atoms with Gasteiger partial charge in [-0.15, -0.1) is 0 Å². The van der Waals surface area contributed by atoms with Crippen molar-refractivity contribution >= 4 is 41.4 Å². The Morgan fingerprint density at radius 3 is 1.65 bits per heavy atom. The fourth-order valence-electron chi connectivity index (χ4n) is 9.13. The number of amides is 7. The number of carbonyl (C=O) groups is 7. The fraction of sp³-hybridized carbons (Fsp3) is 0.740. The number of likely N-dealkylation sites (tertiary alicyclic amines) is 1. The number of rotatable bonds is 12. The molecule has 2 saturated heterocycles. The summed E-state index contributed by atoms with van der Waals surface area (Å²) < 4.78 is 0. The molecule has 8 atom stereocenters. The number of hydrogen-bond acceptors (Lipinski definition) is 9. The first-order chi connectivity index (χ1) is 30.9. The number of nitrogens with zero attached hydrogens (tertiary/aromatic N) is 5. The molecule has 1 aromatic rings. The van der Waals surface area contributed by atoms with E-state index < -0.39 is 72.0 Å². The van der Waals surface area contributed by atoms with E-state index in [0.717, 1.165) is 24.8 Å². The molecule has 0 unspecified atom stereocenters. The third-order valence-corrected chi connectivity index (χ3v) is 12.9. The van der Waals surface area contributed by atoms with Gasteiger partial charge in [0.15, 0.2) is 0 Å². The molecule has 2 aliphatic heterocycles. The van der Waals surface area contributed by atoms with Gasteiger partial charge in [0, 0.05) is 46.8 Å². The van der Waals surface area contributed by atoms with Crippen LogP contribution in [0.1, 0.15) is 119 Å². The molecular formula is C50H84N8O8. The lowest BCUT2D eigenvalue weighted by Gasteiger charge is -2.39. The summed E-state index contributed by atoms with van der Waals surface area (Å²) in [6.45, 7) is 18.2. The zero-order valence-corrected chi connectivity index (χ0v) is 42.3. The van der Waals surface area contributed by atoms with Crippen LogP contribution in [0.25, 0.3) is 0 Å². The molecule has 0 spiro atoms. The van der Waals surface area contributed by atoms with Gasteiger partial charge < -0.3 is 40.7 Å². The van der Waals surface area contributed by atoms with Crippen LogP contribution >= 0.6 is 0 Å². The average Bonchev–Trinajstić information content (AvgIpc) is 3.25. The van der Waals surface area contributed by atoms with Gasteiger partial charge in [-0.25, -0.2) is 0 Å². The van der Waals surface area contributed by atoms with Crippen molar-refractivity contribution in [3.05, 3.63) is 35.9 Å². The van der Waals surface area contributed by atoms with E-state index in [9.17, 15) is 38.7 Å². The second kappa shape index (κ2) is 26.1. The highest BCUT2D eigenvalue weighted by atomic mass is 16.3. The van der Waals surface area contributed by atoms with Gasteiger partial charge in [0.05, 0.1) is 18.6 Å². The summed E-state index contributed by atoms with van der Waals surface area (Å²) in [5.41, 5.74) is 0.889. The molecule has 2 aliphatic rings. The third kappa shape index (κ3) is 16.3. The topological polar surface area (TPSA) is 192 Å². The number of aliphatic hydroxyl groups excluding tert-OH is 1. The number of hydrogen-bond donors (Lipinski definition) is 4. The van der Waals surface area contributed by atoms with Gasteiger partial charge in [-0.1, -0.05) is 85.7 Å². The van der Waals surface area contributed by atoms with Crippen LogP contribution in [0.2, 0.25) is 0 Å². The Labute approximate surface area is 395 Å². The highest BCUT2D eigenvalue weighted by Crippen LogP contribution is 2.22. The van der Waals surface area contributed by atoms with Gasteiger partial charge in [0.25, 0.3) is 0 Å². The third-order valence-electron chi connectivity index (χ3n) is 12.9. The first kappa shape index (κ1) is 55.8. The minimum atomic E-state index is -1.50. The van der Waals surface area contributed by atoms with Crippen LogP contribution in [-0.4, -0.2) is 167 Å². The zero-order valence-electron chi connectivity index (χ0n) is 42.3. The maximum Gasteiger partial charge on any atom is 0.245 e. The second-order valence-electron chi connectivity index (χ2n) is 20.7. The van der Waals surface area contributed by atoms with E-state index in [1.54, 1.807) is 23.9 Å². The summed E-state index contributed by atoms with van der Waals surface area (Å²) in [5, 5.41) is 19.5. The molecule has 16 nitrogen and oxygen atoms in total. The maximum atomic E-state index is 15.0. The minimum Gasteiger partial charge on any atom is -0.391 e. The van der Waals surface area contributed by atoms with Gasteiger partial charge >= 0.3 is 0 Å². The second-order valence-corrected chi connectivity index (χ2v) is 20.7. The van der Waals surface area contributed by atoms with Crippen LogP contribution in [0, 0.1) is 23.7 Å². The van der Waals surface area contributed by atoms with E-state index >= 15 is 0 Å². The predicted molar refractivity (Wildman–Crippen MR) is 257 cm³/mol. The molecule has 372 valence electrons. The Kier molecular flexibility index (Phi) is 22.0. The van der Waals surface area contributed by atoms with Crippen LogP contribution in [0.3, 0.4) is 0 Å². The first-order valence-corrected chi connectivity index (χ1v) is 24.3. The Morgan fingerprint density at radius 2 is 1.14 bits per heavy atom. The molecule has 66 heavy (non-hydrogen) atoms. The summed E-state index contributed by atoms with van der Waals surface area (Å²) in [6, 6.07) is 2.33. The molecular weight excluding hydrogens is 841 g/mol. The maximum absolute atomic E-state index is 15.0. The Balaban J connectivity index is 2.27. The number of benzene rings is 1. The molecule has 2 heterocycles. The lowest BCUT2D eigenvalue weighted by molar-refractivity contribution is -0.147. The normalized spacial score (nSPS) is 26.4. The molecule has 0 bridgehead atoms. The first-order valence-electron chi connectivity index (χ1n) is 24.3. The van der Waals surface area contributed by atoms with Crippen LogP contribution in [0.15, 0.2) is 30.3 Å². The van der Waals surface area contributed by atoms with Crippen LogP contribution in [-0.2, 0) is 40.0 Å². The van der Waals surface area contributed by atoms with Gasteiger partial charge in [0.1, 0.15) is 30.2 Å². The molecule has 0 saturated carbocycles. The number of carbonyl (C=O) groups excluding carboxylic acids is 7. The summed E-state index contributed by atoms with van der Waals surface area (Å²) in [6.07, 6.45) is 2.34. The van der Waals surface area contributed by atoms with Crippen molar-refractivity contribution in [2.45, 2.75) is 168 Å². The highest BCUT2D eigenvalue weighted by molar-refractivity contribution is 5.97. The minimum absolute atomic E-state index is 0.0565. The van der Waals surface area contributed by atoms with E-state index in [1.807, 2.05) is 83.8 Å². The lowest BCUT2D eigenvalue weighted by atomic mass is 9.96. The molecule has 0 aliphatic carbocycles. The summed E-state index contributed by atoms with van der Waals surface area (Å²) >= 11 is 0. The van der Waals surface area contributed by atoms with Crippen molar-refractivity contribution in [2.24, 2.45) is 23.7 Å². The number of aliphatic hydroxyl groups is 1. The highest BCUT2D eigenvalue weighted by Gasteiger charge is 2.41. The fourth-order valence-corrected chi connectivity index (χ4v) is 9.13. The lowest BCUT2D eigenvalue weighted by Crippen LogP contribution is -2.62. The van der Waals surface area contributed by atoms with E-state index in [-0.39, 0.29) is 80.0 Å². The van der Waals surface area contributed by atoms with E-state index in [1.165, 1.54) is 23.8 Å². The van der Waals surface area contributed by atoms with Crippen molar-refractivity contribution in [3.8, 4) is 0 Å². The van der Waals surface area contributed by atoms with Crippen molar-refractivity contribution in [1.29, 1.82) is 0 Å². The van der Waals surface area contributed by atoms with Crippen LogP contribution < -0.4 is 16.0 Å². The molecule has 0 radical (unpaired) electrons. The predicted octanol–water partition coefficient (Wildman–Crippen LogP) is 3.45. The van der Waals surface area contributed by atoms with Crippen molar-refractivity contribution in [2.75, 3.05) is 47.8 Å². The molecule has 0 aromatic heterocycles. The summed E-state index contributed by atoms with van der Waals surface area (Å²) in [4.78, 5) is 110. The number of piperidine rings is 1. The largest absolute Gasteiger partial charge is 0.391 e. The monoisotopic (exact) mass is 925 g/mol. The quantitative estimate of drug-likeness (QED) is 0.243. The summed E-state index contributed by atoms with van der Waals surface area (Å²) in [7, 11) is 6.60. The van der Waals surface area contributed by atoms with Crippen molar-refractivity contribution < 1.29 is 38.7 Å². The van der Waals surface area contributed by atoms with Crippen molar-refractivity contribution in [3.63, 3.8) is 0 Å². The smallest absolute Gasteiger partial charge is 0.245 e. The molecule has 2 fully saturated rings. The molecule has 1 aromatic carbocycles. The van der Waals surface area contributed by atoms with E-state index in [2.05, 4.69) is 29.8 Å². The summed E-state index contributed by atoms with van der Waals surface area (Å²) in [5.74, 6) is -3.79. The van der Waals surface area contributed by atoms with Crippen LogP contribution in [0.4, 0.5) is 0 Å². The SMILES string of the molecule is CC(C)C[C@H]1CN(C)[C@@H](Cc2ccccc2)C(=O)N(C)[C@@H](CC(C)C)C(=O)N[C@@H]([C@@H](C)O)C(=O)N[C@@H](CC(C)C)C(=O)N(C)[C@@H](CC(C)C)C(=O)N[C@H](C(=O)N2CCCCC2)CC(=O)N1C. The van der Waals surface area contributed by atoms with Gasteiger partial charge in [-0.3, -0.25) is 38.5 Å². The Hall–Kier alpha value is -4.57. The van der Waals surface area contributed by atoms with Crippen molar-refractivity contribution in [1.82, 2.24) is 40.4 Å². The standard InChI is InChI=1S/C50H84N8O8/c1-31(2)24-37-30-54(10)42(28-36-20-16-14-17-21-36)50(66)57(13)41(27-34(7)8)46(62)53-44(35(9)59)47(63)52-38(25-32(3)4)48(64)56(12)40(26-33(5)6)45(61)51-39(29-43(60)55(37)11)49(65)58-22-18-15-19-23-58/h14,16-17,20-21,31-35,37-42,44,59H,15,18-19,22-30H2,1-13H3,(H,51,61)(H,52,63)(H,53,62)/t35-,37+,38+,39+,40+,41+,42+,44+/m1/s1. The molecule has 4 N–H and O–H groups in total. The van der Waals surface area contributed by atoms with Gasteiger partial charge in [-0.05, 0) is 94.6 Å². The Morgan fingerprint density at radius 1 is 0.621 bits per heavy atom. The van der Waals surface area contributed by atoms with E-state index in [0.29, 0.717) is 19.5 Å². The average molecular weight is 925 g/mol. The number of likely N-dealkylation sites (N-methyl/N-ethyl adjacent to an activating group) is 4. The van der Waals surface area contributed by atoms with Gasteiger partial charge in [0.2, 0.25) is 41.4 Å². The van der Waals surface area contributed by atoms with E-state index in [4.69, 9.17) is 0 Å². The zero-order chi connectivity index (χ0) is 49.6. The molecule has 7 amide bonds.